The number of anilines is 1. The van der Waals surface area contributed by atoms with Crippen LogP contribution in [0.2, 0.25) is 5.02 Å². The SMILES string of the molecule is COc1ccc(Cl)cc1NC(=O)CNC(=O)c1ccc(Br)o1. The van der Waals surface area contributed by atoms with Crippen molar-refractivity contribution in [1.82, 2.24) is 5.32 Å². The molecule has 1 aromatic carbocycles. The zero-order valence-electron chi connectivity index (χ0n) is 11.5. The number of nitrogens with one attached hydrogen (secondary N) is 2. The van der Waals surface area contributed by atoms with Crippen LogP contribution in [0.5, 0.6) is 5.75 Å². The fraction of sp³-hybridized carbons (Fsp3) is 0.143. The van der Waals surface area contributed by atoms with Crippen molar-refractivity contribution in [3.63, 3.8) is 0 Å². The largest absolute Gasteiger partial charge is 0.495 e. The quantitative estimate of drug-likeness (QED) is 0.826. The molecule has 0 aliphatic rings. The molecule has 0 saturated heterocycles. The monoisotopic (exact) mass is 386 g/mol. The lowest BCUT2D eigenvalue weighted by Gasteiger charge is -2.10. The van der Waals surface area contributed by atoms with Crippen molar-refractivity contribution in [2.24, 2.45) is 0 Å². The van der Waals surface area contributed by atoms with Crippen LogP contribution in [0, 0.1) is 0 Å². The second-order valence-corrected chi connectivity index (χ2v) is 5.40. The first-order chi connectivity index (χ1) is 10.5. The van der Waals surface area contributed by atoms with E-state index in [-0.39, 0.29) is 12.3 Å². The second-order valence-electron chi connectivity index (χ2n) is 4.18. The summed E-state index contributed by atoms with van der Waals surface area (Å²) in [5.41, 5.74) is 0.426. The van der Waals surface area contributed by atoms with Crippen molar-refractivity contribution in [3.05, 3.63) is 45.8 Å². The van der Waals surface area contributed by atoms with Crippen molar-refractivity contribution >= 4 is 45.0 Å². The van der Waals surface area contributed by atoms with E-state index in [0.29, 0.717) is 21.1 Å². The van der Waals surface area contributed by atoms with E-state index in [1.165, 1.54) is 13.2 Å². The average Bonchev–Trinajstić information content (AvgIpc) is 2.92. The Morgan fingerprint density at radius 1 is 1.32 bits per heavy atom. The Morgan fingerprint density at radius 3 is 2.73 bits per heavy atom. The summed E-state index contributed by atoms with van der Waals surface area (Å²) in [7, 11) is 1.48. The standard InChI is InChI=1S/C14H12BrClN2O4/c1-21-10-3-2-8(16)6-9(10)18-13(19)7-17-14(20)11-4-5-12(15)22-11/h2-6H,7H2,1H3,(H,17,20)(H,18,19). The van der Waals surface area contributed by atoms with Crippen molar-refractivity contribution in [3.8, 4) is 5.75 Å². The van der Waals surface area contributed by atoms with Crippen LogP contribution in [0.3, 0.4) is 0 Å². The summed E-state index contributed by atoms with van der Waals surface area (Å²) in [6, 6.07) is 7.93. The number of carbonyl (C=O) groups excluding carboxylic acids is 2. The van der Waals surface area contributed by atoms with Crippen LogP contribution in [0.4, 0.5) is 5.69 Å². The fourth-order valence-corrected chi connectivity index (χ4v) is 2.13. The van der Waals surface area contributed by atoms with Crippen molar-refractivity contribution in [2.75, 3.05) is 19.0 Å². The molecule has 22 heavy (non-hydrogen) atoms. The fourth-order valence-electron chi connectivity index (χ4n) is 1.66. The van der Waals surface area contributed by atoms with E-state index < -0.39 is 11.8 Å². The molecule has 0 atom stereocenters. The van der Waals surface area contributed by atoms with E-state index in [9.17, 15) is 9.59 Å². The predicted molar refractivity (Wildman–Crippen MR) is 85.4 cm³/mol. The number of hydrogen-bond donors (Lipinski definition) is 2. The molecule has 1 heterocycles. The zero-order chi connectivity index (χ0) is 16.1. The molecular formula is C14H12BrClN2O4. The van der Waals surface area contributed by atoms with Crippen molar-refractivity contribution in [2.45, 2.75) is 0 Å². The summed E-state index contributed by atoms with van der Waals surface area (Å²) in [5.74, 6) is -0.322. The third kappa shape index (κ3) is 4.25. The minimum atomic E-state index is -0.487. The molecule has 2 rings (SSSR count). The third-order valence-corrected chi connectivity index (χ3v) is 3.30. The lowest BCUT2D eigenvalue weighted by molar-refractivity contribution is -0.115. The molecule has 0 saturated carbocycles. The first-order valence-corrected chi connectivity index (χ1v) is 7.33. The molecule has 2 N–H and O–H groups in total. The van der Waals surface area contributed by atoms with Crippen LogP contribution >= 0.6 is 27.5 Å². The van der Waals surface area contributed by atoms with E-state index in [0.717, 1.165) is 0 Å². The first-order valence-electron chi connectivity index (χ1n) is 6.16. The molecule has 0 aliphatic heterocycles. The maximum Gasteiger partial charge on any atom is 0.287 e. The molecule has 0 fully saturated rings. The predicted octanol–water partition coefficient (Wildman–Crippen LogP) is 3.07. The number of benzene rings is 1. The third-order valence-electron chi connectivity index (χ3n) is 2.64. The Bertz CT molecular complexity index is 702. The highest BCUT2D eigenvalue weighted by Crippen LogP contribution is 2.27. The van der Waals surface area contributed by atoms with Crippen molar-refractivity contribution in [1.29, 1.82) is 0 Å². The number of rotatable bonds is 5. The highest BCUT2D eigenvalue weighted by atomic mass is 79.9. The van der Waals surface area contributed by atoms with Gasteiger partial charge in [-0.15, -0.1) is 0 Å². The maximum absolute atomic E-state index is 11.9. The van der Waals surface area contributed by atoms with Crippen molar-refractivity contribution < 1.29 is 18.7 Å². The lowest BCUT2D eigenvalue weighted by atomic mass is 10.3. The maximum atomic E-state index is 11.9. The van der Waals surface area contributed by atoms with Gasteiger partial charge in [0.1, 0.15) is 5.75 Å². The van der Waals surface area contributed by atoms with Gasteiger partial charge in [0.25, 0.3) is 5.91 Å². The van der Waals surface area contributed by atoms with Gasteiger partial charge in [0.2, 0.25) is 5.91 Å². The van der Waals surface area contributed by atoms with Crippen LogP contribution < -0.4 is 15.4 Å². The first kappa shape index (κ1) is 16.4. The molecule has 0 aliphatic carbocycles. The number of halogens is 2. The molecule has 0 spiro atoms. The number of carbonyl (C=O) groups is 2. The minimum absolute atomic E-state index is 0.111. The highest BCUT2D eigenvalue weighted by Gasteiger charge is 2.13. The van der Waals surface area contributed by atoms with Gasteiger partial charge in [-0.25, -0.2) is 0 Å². The molecule has 8 heteroatoms. The van der Waals surface area contributed by atoms with Gasteiger partial charge in [0.05, 0.1) is 19.3 Å². The average molecular weight is 388 g/mol. The molecule has 116 valence electrons. The van der Waals surface area contributed by atoms with E-state index in [1.807, 2.05) is 0 Å². The van der Waals surface area contributed by atoms with Gasteiger partial charge in [-0.2, -0.15) is 0 Å². The topological polar surface area (TPSA) is 80.6 Å². The summed E-state index contributed by atoms with van der Waals surface area (Å²) in [4.78, 5) is 23.6. The molecule has 0 radical (unpaired) electrons. The van der Waals surface area contributed by atoms with Crippen LogP contribution in [-0.2, 0) is 4.79 Å². The van der Waals surface area contributed by atoms with E-state index in [4.69, 9.17) is 20.8 Å². The molecule has 0 unspecified atom stereocenters. The summed E-state index contributed by atoms with van der Waals surface area (Å²) in [5, 5.41) is 5.52. The minimum Gasteiger partial charge on any atom is -0.495 e. The van der Waals surface area contributed by atoms with Crippen LogP contribution in [0.25, 0.3) is 0 Å². The normalized spacial score (nSPS) is 10.1. The summed E-state index contributed by atoms with van der Waals surface area (Å²) >= 11 is 8.97. The van der Waals surface area contributed by atoms with Gasteiger partial charge in [0, 0.05) is 5.02 Å². The summed E-state index contributed by atoms with van der Waals surface area (Å²) in [6.07, 6.45) is 0. The van der Waals surface area contributed by atoms with Gasteiger partial charge < -0.3 is 19.8 Å². The van der Waals surface area contributed by atoms with Gasteiger partial charge in [-0.1, -0.05) is 11.6 Å². The van der Waals surface area contributed by atoms with Crippen LogP contribution in [0.1, 0.15) is 10.6 Å². The smallest absolute Gasteiger partial charge is 0.287 e. The van der Waals surface area contributed by atoms with Crippen LogP contribution in [-0.4, -0.2) is 25.5 Å². The Hall–Kier alpha value is -1.99. The van der Waals surface area contributed by atoms with Gasteiger partial charge in [-0.3, -0.25) is 9.59 Å². The molecular weight excluding hydrogens is 376 g/mol. The number of amides is 2. The Labute approximate surface area is 139 Å². The molecule has 6 nitrogen and oxygen atoms in total. The van der Waals surface area contributed by atoms with E-state index in [2.05, 4.69) is 26.6 Å². The Morgan fingerprint density at radius 2 is 2.09 bits per heavy atom. The van der Waals surface area contributed by atoms with Gasteiger partial charge >= 0.3 is 0 Å². The second kappa shape index (κ2) is 7.33. The van der Waals surface area contributed by atoms with E-state index >= 15 is 0 Å². The lowest BCUT2D eigenvalue weighted by Crippen LogP contribution is -2.32. The molecule has 2 aromatic rings. The number of furan rings is 1. The number of ether oxygens (including phenoxy) is 1. The molecule has 1 aromatic heterocycles. The molecule has 0 bridgehead atoms. The zero-order valence-corrected chi connectivity index (χ0v) is 13.8. The summed E-state index contributed by atoms with van der Waals surface area (Å²) in [6.45, 7) is -0.215. The molecule has 2 amide bonds. The van der Waals surface area contributed by atoms with Crippen LogP contribution in [0.15, 0.2) is 39.4 Å². The summed E-state index contributed by atoms with van der Waals surface area (Å²) < 4.78 is 10.6. The Kier molecular flexibility index (Phi) is 5.46. The highest BCUT2D eigenvalue weighted by molar-refractivity contribution is 9.10. The van der Waals surface area contributed by atoms with Gasteiger partial charge in [0.15, 0.2) is 10.4 Å². The van der Waals surface area contributed by atoms with E-state index in [1.54, 1.807) is 24.3 Å². The Balaban J connectivity index is 1.93. The number of methoxy groups -OCH3 is 1. The van der Waals surface area contributed by atoms with Gasteiger partial charge in [-0.05, 0) is 46.3 Å². The number of hydrogen-bond acceptors (Lipinski definition) is 4.